The molecule has 11 heteroatoms. The molecule has 4 atom stereocenters. The number of nitrogens with zero attached hydrogens (tertiary/aromatic N) is 6. The van der Waals surface area contributed by atoms with Gasteiger partial charge < -0.3 is 15.3 Å². The van der Waals surface area contributed by atoms with Crippen molar-refractivity contribution in [2.45, 2.75) is 62.4 Å². The van der Waals surface area contributed by atoms with Gasteiger partial charge in [-0.1, -0.05) is 6.07 Å². The summed E-state index contributed by atoms with van der Waals surface area (Å²) in [5.74, 6) is -0.137. The molecule has 0 amide bonds. The summed E-state index contributed by atoms with van der Waals surface area (Å²) in [5.41, 5.74) is 0.0861. The highest BCUT2D eigenvalue weighted by Gasteiger charge is 2.48. The van der Waals surface area contributed by atoms with Gasteiger partial charge in [0.2, 0.25) is 0 Å². The van der Waals surface area contributed by atoms with Crippen LogP contribution in [0.5, 0.6) is 5.75 Å². The van der Waals surface area contributed by atoms with Crippen molar-refractivity contribution in [3.63, 3.8) is 0 Å². The van der Waals surface area contributed by atoms with E-state index in [4.69, 9.17) is 0 Å². The number of hydrogen-bond acceptors (Lipinski definition) is 8. The summed E-state index contributed by atoms with van der Waals surface area (Å²) < 4.78 is 30.0. The molecule has 182 valence electrons. The molecular formula is C24H25F2N7O2. The van der Waals surface area contributed by atoms with Crippen LogP contribution in [0.1, 0.15) is 32.1 Å². The van der Waals surface area contributed by atoms with Gasteiger partial charge in [-0.15, -0.1) is 10.2 Å². The van der Waals surface area contributed by atoms with Crippen LogP contribution in [-0.4, -0.2) is 60.2 Å². The lowest BCUT2D eigenvalue weighted by atomic mass is 9.96. The van der Waals surface area contributed by atoms with Crippen molar-refractivity contribution >= 4 is 5.82 Å². The molecule has 0 unspecified atom stereocenters. The Bertz CT molecular complexity index is 1330. The predicted molar refractivity (Wildman–Crippen MR) is 124 cm³/mol. The summed E-state index contributed by atoms with van der Waals surface area (Å²) in [5, 5.41) is 22.6. The molecule has 3 fully saturated rings. The van der Waals surface area contributed by atoms with E-state index in [1.807, 2.05) is 0 Å². The highest BCUT2D eigenvalue weighted by Crippen LogP contribution is 2.40. The molecule has 1 saturated carbocycles. The Morgan fingerprint density at radius 1 is 1.17 bits per heavy atom. The van der Waals surface area contributed by atoms with Crippen LogP contribution in [-0.2, 0) is 7.05 Å². The van der Waals surface area contributed by atoms with Crippen molar-refractivity contribution in [2.75, 3.05) is 4.90 Å². The average Bonchev–Trinajstić information content (AvgIpc) is 3.60. The van der Waals surface area contributed by atoms with Crippen molar-refractivity contribution in [2.24, 2.45) is 7.05 Å². The van der Waals surface area contributed by atoms with Crippen LogP contribution >= 0.6 is 0 Å². The molecule has 3 aromatic rings. The van der Waals surface area contributed by atoms with Gasteiger partial charge >= 0.3 is 5.69 Å². The highest BCUT2D eigenvalue weighted by atomic mass is 19.1. The third-order valence-corrected chi connectivity index (χ3v) is 7.28. The minimum atomic E-state index is -0.972. The molecule has 4 heterocycles. The van der Waals surface area contributed by atoms with Crippen molar-refractivity contribution < 1.29 is 13.9 Å². The van der Waals surface area contributed by atoms with E-state index in [-0.39, 0.29) is 35.4 Å². The van der Waals surface area contributed by atoms with E-state index in [2.05, 4.69) is 30.4 Å². The fourth-order valence-electron chi connectivity index (χ4n) is 5.27. The lowest BCUT2D eigenvalue weighted by Gasteiger charge is -2.40. The Kier molecular flexibility index (Phi) is 5.24. The number of fused-ring (bicyclic) bond motifs is 2. The van der Waals surface area contributed by atoms with Crippen molar-refractivity contribution in [1.82, 2.24) is 30.0 Å². The first-order valence-electron chi connectivity index (χ1n) is 11.8. The topological polar surface area (TPSA) is 109 Å². The number of nitrogens with one attached hydrogen (secondary N) is 1. The zero-order valence-corrected chi connectivity index (χ0v) is 19.1. The number of hydrogen-bond donors (Lipinski definition) is 2. The molecule has 2 N–H and O–H groups in total. The summed E-state index contributed by atoms with van der Waals surface area (Å²) in [6.07, 6.45) is 5.20. The molecule has 1 aliphatic carbocycles. The van der Waals surface area contributed by atoms with Gasteiger partial charge in [-0.25, -0.2) is 14.2 Å². The molecule has 0 radical (unpaired) electrons. The number of halogens is 2. The number of anilines is 1. The number of phenolic OH excluding ortho intramolecular Hbond substituents is 1. The molecule has 9 nitrogen and oxygen atoms in total. The zero-order valence-electron chi connectivity index (χ0n) is 19.1. The quantitative estimate of drug-likeness (QED) is 0.535. The molecule has 2 saturated heterocycles. The first-order valence-corrected chi connectivity index (χ1v) is 11.8. The van der Waals surface area contributed by atoms with Crippen molar-refractivity contribution in [1.29, 1.82) is 0 Å². The van der Waals surface area contributed by atoms with E-state index in [9.17, 15) is 14.3 Å². The van der Waals surface area contributed by atoms with Gasteiger partial charge in [0.25, 0.3) is 0 Å². The first kappa shape index (κ1) is 22.0. The van der Waals surface area contributed by atoms with E-state index in [0.29, 0.717) is 23.0 Å². The predicted octanol–water partition coefficient (Wildman–Crippen LogP) is 2.34. The summed E-state index contributed by atoms with van der Waals surface area (Å²) >= 11 is 0. The fourth-order valence-corrected chi connectivity index (χ4v) is 5.27. The molecule has 0 spiro atoms. The molecule has 3 aliphatic rings. The van der Waals surface area contributed by atoms with Gasteiger partial charge in [0.05, 0.1) is 23.5 Å². The normalized spacial score (nSPS) is 25.6. The maximum Gasteiger partial charge on any atom is 0.350 e. The van der Waals surface area contributed by atoms with Crippen LogP contribution in [0.3, 0.4) is 0 Å². The number of aromatic nitrogens is 5. The second kappa shape index (κ2) is 8.33. The smallest absolute Gasteiger partial charge is 0.350 e. The summed E-state index contributed by atoms with van der Waals surface area (Å²) in [4.78, 5) is 22.1. The van der Waals surface area contributed by atoms with Gasteiger partial charge in [0.15, 0.2) is 17.6 Å². The third kappa shape index (κ3) is 3.93. The Labute approximate surface area is 199 Å². The largest absolute Gasteiger partial charge is 0.507 e. The van der Waals surface area contributed by atoms with E-state index in [1.165, 1.54) is 13.1 Å². The standard InChI is InChI=1S/C24H25F2N7O2/c1-32-20(25)10-17(29-24(32)35)12-2-6-15(19(34)8-12)23-27-11-21(30-31-23)33(14-4-5-14)18-9-13-3-7-16(28-13)22(18)26/h2,6,8,10-11,13-14,16,18,22,28,34H,3-5,7,9H2,1H3/t13-,16+,18+,22-/m0/s1. The summed E-state index contributed by atoms with van der Waals surface area (Å²) in [6, 6.07) is 5.90. The Balaban J connectivity index is 1.27. The highest BCUT2D eigenvalue weighted by molar-refractivity contribution is 5.71. The third-order valence-electron chi connectivity index (χ3n) is 7.28. The second-order valence-corrected chi connectivity index (χ2v) is 9.61. The maximum atomic E-state index is 15.3. The van der Waals surface area contributed by atoms with Crippen molar-refractivity contribution in [3.8, 4) is 28.4 Å². The lowest BCUT2D eigenvalue weighted by Crippen LogP contribution is -2.57. The van der Waals surface area contributed by atoms with E-state index in [1.54, 1.807) is 18.3 Å². The van der Waals surface area contributed by atoms with E-state index >= 15 is 4.39 Å². The molecule has 35 heavy (non-hydrogen) atoms. The molecule has 2 aromatic heterocycles. The van der Waals surface area contributed by atoms with Crippen LogP contribution < -0.4 is 15.9 Å². The average molecular weight is 482 g/mol. The molecule has 2 aliphatic heterocycles. The summed E-state index contributed by atoms with van der Waals surface area (Å²) in [7, 11) is 1.29. The first-order chi connectivity index (χ1) is 16.9. The van der Waals surface area contributed by atoms with Gasteiger partial charge in [-0.3, -0.25) is 4.57 Å². The number of piperidine rings is 1. The monoisotopic (exact) mass is 481 g/mol. The number of aromatic hydroxyl groups is 1. The molecule has 2 bridgehead atoms. The molecular weight excluding hydrogens is 456 g/mol. The minimum Gasteiger partial charge on any atom is -0.507 e. The molecule has 1 aromatic carbocycles. The van der Waals surface area contributed by atoms with Crippen molar-refractivity contribution in [3.05, 3.63) is 46.9 Å². The zero-order chi connectivity index (χ0) is 24.3. The van der Waals surface area contributed by atoms with Crippen LogP contribution in [0.15, 0.2) is 35.3 Å². The van der Waals surface area contributed by atoms with Gasteiger partial charge in [0, 0.05) is 36.8 Å². The van der Waals surface area contributed by atoms with Gasteiger partial charge in [0.1, 0.15) is 11.9 Å². The Morgan fingerprint density at radius 2 is 2.00 bits per heavy atom. The van der Waals surface area contributed by atoms with Crippen LogP contribution in [0.4, 0.5) is 14.6 Å². The fraction of sp³-hybridized carbons (Fsp3) is 0.458. The number of phenols is 1. The maximum absolute atomic E-state index is 15.3. The Hall–Kier alpha value is -3.47. The number of rotatable bonds is 5. The number of alkyl halides is 1. The summed E-state index contributed by atoms with van der Waals surface area (Å²) in [6.45, 7) is 0. The second-order valence-electron chi connectivity index (χ2n) is 9.61. The minimum absolute atomic E-state index is 0.108. The van der Waals surface area contributed by atoms with E-state index in [0.717, 1.165) is 42.7 Å². The Morgan fingerprint density at radius 3 is 2.69 bits per heavy atom. The van der Waals surface area contributed by atoms with E-state index < -0.39 is 17.8 Å². The number of benzene rings is 1. The van der Waals surface area contributed by atoms with Crippen LogP contribution in [0, 0.1) is 5.95 Å². The van der Waals surface area contributed by atoms with Crippen LogP contribution in [0.2, 0.25) is 0 Å². The van der Waals surface area contributed by atoms with Gasteiger partial charge in [-0.2, -0.15) is 9.37 Å². The SMILES string of the molecule is Cn1c(F)cc(-c2ccc(-c3ncc(N(C4CC4)[C@@H]4C[C@@H]5CC[C@@H](N5)[C@@H]4F)nn3)c(O)c2)nc1=O. The van der Waals surface area contributed by atoms with Crippen LogP contribution in [0.25, 0.3) is 22.6 Å². The lowest BCUT2D eigenvalue weighted by molar-refractivity contribution is 0.171. The van der Waals surface area contributed by atoms with Gasteiger partial charge in [-0.05, 0) is 44.2 Å². The molecule has 6 rings (SSSR count).